The Bertz CT molecular complexity index is 841. The molecule has 4 saturated heterocycles. The Hall–Kier alpha value is -1.51. The van der Waals surface area contributed by atoms with E-state index >= 15 is 0 Å². The fraction of sp³-hybridized carbons (Fsp3) is 0.720. The molecule has 1 unspecified atom stereocenters. The Balaban J connectivity index is 1.24. The van der Waals surface area contributed by atoms with Crippen molar-refractivity contribution in [3.8, 4) is 5.75 Å². The van der Waals surface area contributed by atoms with Crippen LogP contribution in [-0.4, -0.2) is 43.0 Å². The minimum absolute atomic E-state index is 0.0399. The molecule has 7 heteroatoms. The summed E-state index contributed by atoms with van der Waals surface area (Å²) in [5, 5.41) is 0. The van der Waals surface area contributed by atoms with E-state index in [1.165, 1.54) is 6.42 Å². The van der Waals surface area contributed by atoms with E-state index in [1.54, 1.807) is 31.2 Å². The van der Waals surface area contributed by atoms with E-state index in [0.29, 0.717) is 36.4 Å². The average Bonchev–Trinajstić information content (AvgIpc) is 3.00. The third-order valence-corrected chi connectivity index (χ3v) is 7.99. The van der Waals surface area contributed by atoms with Crippen LogP contribution >= 0.6 is 0 Å². The number of Topliss-reactive ketones (excluding diaryl/α,β-unsaturated/α-hetero) is 1. The van der Waals surface area contributed by atoms with Crippen molar-refractivity contribution in [1.29, 1.82) is 0 Å². The van der Waals surface area contributed by atoms with Gasteiger partial charge in [0, 0.05) is 23.8 Å². The van der Waals surface area contributed by atoms with Gasteiger partial charge < -0.3 is 18.9 Å². The van der Waals surface area contributed by atoms with E-state index in [4.69, 9.17) is 28.7 Å². The van der Waals surface area contributed by atoms with Crippen molar-refractivity contribution < 1.29 is 33.5 Å². The predicted molar refractivity (Wildman–Crippen MR) is 115 cm³/mol. The van der Waals surface area contributed by atoms with E-state index in [2.05, 4.69) is 13.8 Å². The summed E-state index contributed by atoms with van der Waals surface area (Å²) in [7, 11) is 0. The lowest BCUT2D eigenvalue weighted by Crippen LogP contribution is -2.70. The summed E-state index contributed by atoms with van der Waals surface area (Å²) in [6, 6.07) is 7.15. The topological polar surface area (TPSA) is 72.5 Å². The highest BCUT2D eigenvalue weighted by molar-refractivity contribution is 5.94. The van der Waals surface area contributed by atoms with Crippen LogP contribution in [0.3, 0.4) is 0 Å². The fourth-order valence-electron chi connectivity index (χ4n) is 6.17. The first kappa shape index (κ1) is 22.3. The van der Waals surface area contributed by atoms with Gasteiger partial charge in [-0.2, -0.15) is 0 Å². The highest BCUT2D eigenvalue weighted by Crippen LogP contribution is 2.60. The molecule has 0 amide bonds. The first-order valence-electron chi connectivity index (χ1n) is 11.9. The van der Waals surface area contributed by atoms with Crippen LogP contribution in [0.1, 0.15) is 63.7 Å². The third kappa shape index (κ3) is 3.68. The van der Waals surface area contributed by atoms with Crippen LogP contribution in [0.15, 0.2) is 24.3 Å². The van der Waals surface area contributed by atoms with Gasteiger partial charge >= 0.3 is 0 Å². The first-order chi connectivity index (χ1) is 15.3. The summed E-state index contributed by atoms with van der Waals surface area (Å²) < 4.78 is 24.7. The maximum Gasteiger partial charge on any atom is 0.201 e. The second kappa shape index (κ2) is 8.37. The Labute approximate surface area is 189 Å². The van der Waals surface area contributed by atoms with Gasteiger partial charge in [0.05, 0.1) is 6.61 Å². The summed E-state index contributed by atoms with van der Waals surface area (Å²) in [5.74, 6) is 1.25. The number of carbonyl (C=O) groups is 1. The van der Waals surface area contributed by atoms with Crippen LogP contribution in [0.4, 0.5) is 0 Å². The lowest BCUT2D eigenvalue weighted by atomic mass is 9.58. The van der Waals surface area contributed by atoms with Crippen LogP contribution in [0.25, 0.3) is 0 Å². The lowest BCUT2D eigenvalue weighted by molar-refractivity contribution is -0.577. The number of ether oxygens (including phenoxy) is 4. The Morgan fingerprint density at radius 2 is 1.84 bits per heavy atom. The summed E-state index contributed by atoms with van der Waals surface area (Å²) in [6.45, 7) is 8.76. The van der Waals surface area contributed by atoms with Crippen molar-refractivity contribution in [1.82, 2.24) is 0 Å². The fourth-order valence-corrected chi connectivity index (χ4v) is 6.17. The van der Waals surface area contributed by atoms with Crippen molar-refractivity contribution in [3.63, 3.8) is 0 Å². The number of hydrogen-bond donors (Lipinski definition) is 0. The van der Waals surface area contributed by atoms with E-state index in [0.717, 1.165) is 19.3 Å². The molecule has 7 nitrogen and oxygen atoms in total. The van der Waals surface area contributed by atoms with E-state index in [9.17, 15) is 4.79 Å². The van der Waals surface area contributed by atoms with Gasteiger partial charge in [-0.15, -0.1) is 0 Å². The highest BCUT2D eigenvalue weighted by atomic mass is 17.3. The zero-order chi connectivity index (χ0) is 22.5. The molecule has 1 aromatic rings. The van der Waals surface area contributed by atoms with Gasteiger partial charge in [-0.25, -0.2) is 9.78 Å². The molecule has 1 saturated carbocycles. The van der Waals surface area contributed by atoms with Gasteiger partial charge in [-0.1, -0.05) is 13.8 Å². The van der Waals surface area contributed by atoms with Crippen LogP contribution in [0.2, 0.25) is 0 Å². The molecular weight excluding hydrogens is 412 g/mol. The molecule has 1 aliphatic carbocycles. The molecule has 0 radical (unpaired) electrons. The number of carbonyl (C=O) groups excluding carboxylic acids is 1. The Morgan fingerprint density at radius 1 is 1.06 bits per heavy atom. The van der Waals surface area contributed by atoms with Gasteiger partial charge in [0.2, 0.25) is 5.79 Å². The summed E-state index contributed by atoms with van der Waals surface area (Å²) in [5.41, 5.74) is 0.103. The number of benzene rings is 1. The molecule has 176 valence electrons. The largest absolute Gasteiger partial charge is 0.491 e. The molecule has 8 atom stereocenters. The number of hydrogen-bond acceptors (Lipinski definition) is 7. The van der Waals surface area contributed by atoms with Gasteiger partial charge in [0.15, 0.2) is 24.0 Å². The predicted octanol–water partition coefficient (Wildman–Crippen LogP) is 4.49. The monoisotopic (exact) mass is 446 g/mol. The molecule has 32 heavy (non-hydrogen) atoms. The molecule has 4 aliphatic heterocycles. The van der Waals surface area contributed by atoms with Crippen LogP contribution in [-0.2, 0) is 24.0 Å². The zero-order valence-corrected chi connectivity index (χ0v) is 19.4. The second-order valence-corrected chi connectivity index (χ2v) is 10.1. The SMILES string of the molecule is CC(=O)c1ccc(OCCO[C@H]2O[C@@H]3O[C@@]4(C)CCC5[C@H](C)CC[C@@H]([C@H]2C)[C@]53OO4)cc1. The van der Waals surface area contributed by atoms with Crippen molar-refractivity contribution >= 4 is 5.78 Å². The Kier molecular flexibility index (Phi) is 5.83. The van der Waals surface area contributed by atoms with Crippen molar-refractivity contribution in [2.45, 2.75) is 77.3 Å². The molecule has 2 bridgehead atoms. The molecular formula is C25H34O7. The molecule has 5 aliphatic rings. The molecule has 1 aromatic carbocycles. The van der Waals surface area contributed by atoms with E-state index < -0.39 is 17.7 Å². The minimum atomic E-state index is -0.780. The summed E-state index contributed by atoms with van der Waals surface area (Å²) in [4.78, 5) is 23.4. The summed E-state index contributed by atoms with van der Waals surface area (Å²) >= 11 is 0. The van der Waals surface area contributed by atoms with Gasteiger partial charge in [0.1, 0.15) is 12.4 Å². The van der Waals surface area contributed by atoms with Crippen LogP contribution in [0.5, 0.6) is 5.75 Å². The third-order valence-electron chi connectivity index (χ3n) is 7.99. The second-order valence-electron chi connectivity index (χ2n) is 10.1. The van der Waals surface area contributed by atoms with Crippen molar-refractivity contribution in [3.05, 3.63) is 29.8 Å². The maximum absolute atomic E-state index is 11.4. The van der Waals surface area contributed by atoms with Crippen molar-refractivity contribution in [2.75, 3.05) is 13.2 Å². The van der Waals surface area contributed by atoms with Gasteiger partial charge in [-0.3, -0.25) is 4.79 Å². The smallest absolute Gasteiger partial charge is 0.201 e. The van der Waals surface area contributed by atoms with Crippen molar-refractivity contribution in [2.24, 2.45) is 23.7 Å². The van der Waals surface area contributed by atoms with E-state index in [-0.39, 0.29) is 23.9 Å². The van der Waals surface area contributed by atoms with Crippen LogP contribution < -0.4 is 4.74 Å². The molecule has 5 fully saturated rings. The molecule has 0 aromatic heterocycles. The molecule has 1 spiro atoms. The number of fused-ring (bicyclic) bond motifs is 2. The normalized spacial score (nSPS) is 42.8. The quantitative estimate of drug-likeness (QED) is 0.362. The van der Waals surface area contributed by atoms with Crippen LogP contribution in [0, 0.1) is 23.7 Å². The standard InChI is InChI=1S/C25H34O7/c1-15-5-10-21-16(2)22(28-14-13-27-19-8-6-18(7-9-19)17(3)26)29-23-25(21)20(15)11-12-24(4,30-23)31-32-25/h6-9,15-16,20-23H,5,10-14H2,1-4H3/t15-,16-,20?,21+,22+,23-,24-,25-/m1/s1. The van der Waals surface area contributed by atoms with Gasteiger partial charge in [-0.05, 0) is 69.2 Å². The summed E-state index contributed by atoms with van der Waals surface area (Å²) in [6.07, 6.45) is 3.14. The number of ketones is 1. The van der Waals surface area contributed by atoms with Gasteiger partial charge in [0.25, 0.3) is 0 Å². The number of rotatable bonds is 6. The van der Waals surface area contributed by atoms with E-state index in [1.807, 2.05) is 6.92 Å². The first-order valence-corrected chi connectivity index (χ1v) is 11.9. The molecule has 4 heterocycles. The maximum atomic E-state index is 11.4. The lowest BCUT2D eigenvalue weighted by Gasteiger charge is -2.60. The average molecular weight is 447 g/mol. The Morgan fingerprint density at radius 3 is 2.59 bits per heavy atom. The highest BCUT2D eigenvalue weighted by Gasteiger charge is 2.69. The zero-order valence-electron chi connectivity index (χ0n) is 19.4. The molecule has 6 rings (SSSR count). The minimum Gasteiger partial charge on any atom is -0.491 e. The molecule has 0 N–H and O–H groups in total.